The van der Waals surface area contributed by atoms with E-state index in [-0.39, 0.29) is 5.25 Å². The lowest BCUT2D eigenvalue weighted by atomic mass is 10.3. The van der Waals surface area contributed by atoms with Crippen LogP contribution in [0.4, 0.5) is 5.69 Å². The molecule has 0 amide bonds. The minimum absolute atomic E-state index is 0.116. The quantitative estimate of drug-likeness (QED) is 0.859. The van der Waals surface area contributed by atoms with E-state index in [1.807, 2.05) is 25.1 Å². The number of benzene rings is 1. The van der Waals surface area contributed by atoms with Crippen LogP contribution in [0.25, 0.3) is 11.0 Å². The Balaban J connectivity index is 2.50. The topological polar surface area (TPSA) is 60.9 Å². The maximum Gasteiger partial charge on any atom is 0.109 e. The van der Waals surface area contributed by atoms with Gasteiger partial charge in [-0.3, -0.25) is 4.21 Å². The Labute approximate surface area is 110 Å². The summed E-state index contributed by atoms with van der Waals surface area (Å²) in [5.41, 5.74) is 8.49. The summed E-state index contributed by atoms with van der Waals surface area (Å²) in [5, 5.41) is 0.116. The third-order valence-electron chi connectivity index (χ3n) is 3.17. The van der Waals surface area contributed by atoms with Gasteiger partial charge in [-0.1, -0.05) is 6.92 Å². The zero-order valence-electron chi connectivity index (χ0n) is 11.0. The van der Waals surface area contributed by atoms with Crippen LogP contribution in [-0.2, 0) is 23.8 Å². The van der Waals surface area contributed by atoms with Crippen molar-refractivity contribution in [2.75, 3.05) is 12.0 Å². The van der Waals surface area contributed by atoms with Crippen LogP contribution in [0.2, 0.25) is 0 Å². The van der Waals surface area contributed by atoms with Crippen LogP contribution in [0.5, 0.6) is 0 Å². The van der Waals surface area contributed by atoms with Crippen molar-refractivity contribution in [2.24, 2.45) is 0 Å². The molecular weight excluding hydrogens is 246 g/mol. The second-order valence-electron chi connectivity index (χ2n) is 4.55. The second-order valence-corrected chi connectivity index (χ2v) is 6.35. The number of aromatic nitrogens is 2. The first-order valence-electron chi connectivity index (χ1n) is 6.09. The Bertz CT molecular complexity index is 591. The molecule has 1 heterocycles. The molecule has 0 saturated heterocycles. The summed E-state index contributed by atoms with van der Waals surface area (Å²) >= 11 is 0. The fourth-order valence-electron chi connectivity index (χ4n) is 2.03. The first-order valence-corrected chi connectivity index (χ1v) is 7.72. The lowest BCUT2D eigenvalue weighted by Gasteiger charge is -2.12. The Morgan fingerprint density at radius 3 is 2.83 bits per heavy atom. The molecule has 2 unspecified atom stereocenters. The lowest BCUT2D eigenvalue weighted by Crippen LogP contribution is -2.18. The summed E-state index contributed by atoms with van der Waals surface area (Å²) in [6, 6.07) is 5.76. The standard InChI is InChI=1S/C13H19N3OS/c1-4-13-15-11-7-10(14)5-6-12(11)16(13)8-9(2)18(3)17/h5-7,9H,4,8,14H2,1-3H3. The second kappa shape index (κ2) is 5.10. The van der Waals surface area contributed by atoms with Crippen LogP contribution in [0.3, 0.4) is 0 Å². The molecule has 5 heteroatoms. The van der Waals surface area contributed by atoms with Crippen LogP contribution in [0.1, 0.15) is 19.7 Å². The molecule has 0 bridgehead atoms. The van der Waals surface area contributed by atoms with Gasteiger partial charge in [-0.15, -0.1) is 0 Å². The van der Waals surface area contributed by atoms with Crippen LogP contribution < -0.4 is 5.73 Å². The molecule has 0 aliphatic rings. The summed E-state index contributed by atoms with van der Waals surface area (Å²) < 4.78 is 13.7. The SMILES string of the molecule is CCc1nc2cc(N)ccc2n1CC(C)S(C)=O. The molecule has 0 aliphatic heterocycles. The normalized spacial score (nSPS) is 14.8. The lowest BCUT2D eigenvalue weighted by molar-refractivity contribution is 0.635. The number of aryl methyl sites for hydroxylation is 1. The summed E-state index contributed by atoms with van der Waals surface area (Å²) in [7, 11) is -0.826. The average Bonchev–Trinajstić information content (AvgIpc) is 2.66. The van der Waals surface area contributed by atoms with E-state index in [1.54, 1.807) is 6.26 Å². The molecule has 98 valence electrons. The Kier molecular flexibility index (Phi) is 3.71. The van der Waals surface area contributed by atoms with Crippen molar-refractivity contribution in [1.82, 2.24) is 9.55 Å². The smallest absolute Gasteiger partial charge is 0.109 e. The average molecular weight is 265 g/mol. The fraction of sp³-hybridized carbons (Fsp3) is 0.462. The largest absolute Gasteiger partial charge is 0.399 e. The zero-order valence-corrected chi connectivity index (χ0v) is 11.8. The fourth-order valence-corrected chi connectivity index (χ4v) is 2.39. The number of nitrogens with two attached hydrogens (primary N) is 1. The highest BCUT2D eigenvalue weighted by Crippen LogP contribution is 2.20. The molecule has 2 aromatic rings. The number of rotatable bonds is 4. The predicted octanol–water partition coefficient (Wildman–Crippen LogP) is 1.95. The van der Waals surface area contributed by atoms with Crippen LogP contribution in [0, 0.1) is 0 Å². The third-order valence-corrected chi connectivity index (χ3v) is 4.46. The molecule has 2 N–H and O–H groups in total. The van der Waals surface area contributed by atoms with Crippen molar-refractivity contribution in [3.63, 3.8) is 0 Å². The van der Waals surface area contributed by atoms with Crippen LogP contribution in [-0.4, -0.2) is 25.3 Å². The van der Waals surface area contributed by atoms with E-state index in [0.717, 1.165) is 35.5 Å². The van der Waals surface area contributed by atoms with Gasteiger partial charge in [0.25, 0.3) is 0 Å². The Morgan fingerprint density at radius 1 is 1.50 bits per heavy atom. The minimum Gasteiger partial charge on any atom is -0.399 e. The predicted molar refractivity (Wildman–Crippen MR) is 77.1 cm³/mol. The molecular formula is C13H19N3OS. The third kappa shape index (κ3) is 2.41. The molecule has 4 nitrogen and oxygen atoms in total. The summed E-state index contributed by atoms with van der Waals surface area (Å²) in [6.07, 6.45) is 2.60. The van der Waals surface area contributed by atoms with Crippen LogP contribution in [0.15, 0.2) is 18.2 Å². The van der Waals surface area contributed by atoms with Crippen LogP contribution >= 0.6 is 0 Å². The van der Waals surface area contributed by atoms with Gasteiger partial charge in [-0.25, -0.2) is 4.98 Å². The summed E-state index contributed by atoms with van der Waals surface area (Å²) in [4.78, 5) is 4.59. The van der Waals surface area contributed by atoms with Gasteiger partial charge in [0.2, 0.25) is 0 Å². The molecule has 0 aliphatic carbocycles. The van der Waals surface area contributed by atoms with E-state index in [1.165, 1.54) is 0 Å². The molecule has 0 spiro atoms. The molecule has 2 rings (SSSR count). The van der Waals surface area contributed by atoms with Gasteiger partial charge < -0.3 is 10.3 Å². The first-order chi connectivity index (χ1) is 8.52. The highest BCUT2D eigenvalue weighted by molar-refractivity contribution is 7.84. The number of fused-ring (bicyclic) bond motifs is 1. The molecule has 0 fully saturated rings. The number of imidazole rings is 1. The monoisotopic (exact) mass is 265 g/mol. The molecule has 2 atom stereocenters. The van der Waals surface area contributed by atoms with Gasteiger partial charge in [-0.05, 0) is 25.1 Å². The van der Waals surface area contributed by atoms with E-state index in [2.05, 4.69) is 16.5 Å². The van der Waals surface area contributed by atoms with Gasteiger partial charge in [0.05, 0.1) is 11.0 Å². The molecule has 0 saturated carbocycles. The van der Waals surface area contributed by atoms with Crippen molar-refractivity contribution in [3.8, 4) is 0 Å². The van der Waals surface area contributed by atoms with E-state index in [4.69, 9.17) is 5.73 Å². The summed E-state index contributed by atoms with van der Waals surface area (Å²) in [5.74, 6) is 1.02. The Morgan fingerprint density at radius 2 is 2.22 bits per heavy atom. The highest BCUT2D eigenvalue weighted by Gasteiger charge is 2.14. The van der Waals surface area contributed by atoms with Gasteiger partial charge >= 0.3 is 0 Å². The zero-order chi connectivity index (χ0) is 13.3. The van der Waals surface area contributed by atoms with E-state index in [9.17, 15) is 4.21 Å². The molecule has 1 aromatic carbocycles. The first kappa shape index (κ1) is 13.1. The molecule has 18 heavy (non-hydrogen) atoms. The van der Waals surface area contributed by atoms with E-state index in [0.29, 0.717) is 0 Å². The van der Waals surface area contributed by atoms with E-state index < -0.39 is 10.8 Å². The minimum atomic E-state index is -0.826. The van der Waals surface area contributed by atoms with Gasteiger partial charge in [0, 0.05) is 41.0 Å². The maximum absolute atomic E-state index is 11.5. The van der Waals surface area contributed by atoms with Crippen molar-refractivity contribution in [1.29, 1.82) is 0 Å². The van der Waals surface area contributed by atoms with Crippen molar-refractivity contribution < 1.29 is 4.21 Å². The number of hydrogen-bond donors (Lipinski definition) is 1. The highest BCUT2D eigenvalue weighted by atomic mass is 32.2. The Hall–Kier alpha value is -1.36. The number of nitrogens with zero attached hydrogens (tertiary/aromatic N) is 2. The maximum atomic E-state index is 11.5. The van der Waals surface area contributed by atoms with Crippen molar-refractivity contribution in [3.05, 3.63) is 24.0 Å². The van der Waals surface area contributed by atoms with E-state index >= 15 is 0 Å². The summed E-state index contributed by atoms with van der Waals surface area (Å²) in [6.45, 7) is 4.81. The number of anilines is 1. The van der Waals surface area contributed by atoms with Crippen molar-refractivity contribution in [2.45, 2.75) is 32.1 Å². The number of hydrogen-bond acceptors (Lipinski definition) is 3. The van der Waals surface area contributed by atoms with Gasteiger partial charge in [0.15, 0.2) is 0 Å². The molecule has 1 aromatic heterocycles. The van der Waals surface area contributed by atoms with Crippen molar-refractivity contribution >= 4 is 27.5 Å². The van der Waals surface area contributed by atoms with Gasteiger partial charge in [-0.2, -0.15) is 0 Å². The molecule has 0 radical (unpaired) electrons. The number of nitrogen functional groups attached to an aromatic ring is 1. The van der Waals surface area contributed by atoms with Gasteiger partial charge in [0.1, 0.15) is 5.82 Å².